The van der Waals surface area contributed by atoms with E-state index in [1.54, 1.807) is 17.0 Å². The molecule has 2 N–H and O–H groups in total. The average Bonchev–Trinajstić information content (AvgIpc) is 3.17. The van der Waals surface area contributed by atoms with Gasteiger partial charge in [-0.1, -0.05) is 18.2 Å². The molecule has 2 aromatic rings. The van der Waals surface area contributed by atoms with Crippen LogP contribution < -0.4 is 15.4 Å². The van der Waals surface area contributed by atoms with Crippen LogP contribution >= 0.6 is 0 Å². The summed E-state index contributed by atoms with van der Waals surface area (Å²) in [4.78, 5) is 33.5. The van der Waals surface area contributed by atoms with Gasteiger partial charge in [0.15, 0.2) is 0 Å². The second kappa shape index (κ2) is 8.09. The third kappa shape index (κ3) is 4.90. The fourth-order valence-corrected chi connectivity index (χ4v) is 2.42. The molecule has 1 aliphatic heterocycles. The lowest BCUT2D eigenvalue weighted by atomic mass is 10.3. The molecule has 1 fully saturated rings. The number of amides is 3. The van der Waals surface area contributed by atoms with E-state index in [1.807, 2.05) is 18.2 Å². The molecule has 8 heteroatoms. The van der Waals surface area contributed by atoms with E-state index in [2.05, 4.69) is 20.6 Å². The van der Waals surface area contributed by atoms with Gasteiger partial charge < -0.3 is 20.3 Å². The predicted molar refractivity (Wildman–Crippen MR) is 91.4 cm³/mol. The molecular weight excluding hydrogens is 322 g/mol. The highest BCUT2D eigenvalue weighted by atomic mass is 16.5. The van der Waals surface area contributed by atoms with Crippen LogP contribution in [0.25, 0.3) is 0 Å². The topological polar surface area (TPSA) is 96.5 Å². The molecule has 8 nitrogen and oxygen atoms in total. The molecule has 0 saturated carbocycles. The summed E-state index contributed by atoms with van der Waals surface area (Å²) < 4.78 is 5.48. The van der Waals surface area contributed by atoms with Gasteiger partial charge in [0, 0.05) is 13.1 Å². The van der Waals surface area contributed by atoms with Crippen molar-refractivity contribution in [1.29, 1.82) is 0 Å². The highest BCUT2D eigenvalue weighted by Gasteiger charge is 2.18. The highest BCUT2D eigenvalue weighted by Crippen LogP contribution is 2.17. The zero-order valence-corrected chi connectivity index (χ0v) is 13.6. The normalized spacial score (nSPS) is 13.4. The van der Waals surface area contributed by atoms with Gasteiger partial charge in [-0.2, -0.15) is 0 Å². The summed E-state index contributed by atoms with van der Waals surface area (Å²) in [5, 5.41) is 5.22. The quantitative estimate of drug-likeness (QED) is 0.867. The van der Waals surface area contributed by atoms with E-state index in [1.165, 1.54) is 12.4 Å². The lowest BCUT2D eigenvalue weighted by Gasteiger charge is -2.15. The molecule has 25 heavy (non-hydrogen) atoms. The van der Waals surface area contributed by atoms with Crippen LogP contribution in [0.2, 0.25) is 0 Å². The van der Waals surface area contributed by atoms with Crippen LogP contribution in [-0.2, 0) is 4.79 Å². The van der Waals surface area contributed by atoms with E-state index in [9.17, 15) is 9.59 Å². The molecule has 3 rings (SSSR count). The minimum atomic E-state index is -0.340. The molecular formula is C17H19N5O3. The van der Waals surface area contributed by atoms with Crippen molar-refractivity contribution in [3.05, 3.63) is 42.7 Å². The second-order valence-electron chi connectivity index (χ2n) is 5.57. The minimum Gasteiger partial charge on any atom is -0.424 e. The molecule has 0 unspecified atom stereocenters. The number of hydrogen-bond donors (Lipinski definition) is 2. The molecule has 2 heterocycles. The molecule has 0 aliphatic carbocycles. The minimum absolute atomic E-state index is 0.0996. The number of rotatable bonds is 5. The van der Waals surface area contributed by atoms with E-state index in [4.69, 9.17) is 4.74 Å². The Morgan fingerprint density at radius 3 is 2.44 bits per heavy atom. The van der Waals surface area contributed by atoms with E-state index in [0.29, 0.717) is 11.4 Å². The lowest BCUT2D eigenvalue weighted by Crippen LogP contribution is -2.41. The Balaban J connectivity index is 1.46. The molecule has 1 aromatic carbocycles. The fourth-order valence-electron chi connectivity index (χ4n) is 2.42. The van der Waals surface area contributed by atoms with Gasteiger partial charge in [0.1, 0.15) is 5.75 Å². The number of carbonyl (C=O) groups excluding carboxylic acids is 2. The molecule has 3 amide bonds. The van der Waals surface area contributed by atoms with Gasteiger partial charge in [-0.05, 0) is 25.0 Å². The Morgan fingerprint density at radius 1 is 1.08 bits per heavy atom. The van der Waals surface area contributed by atoms with Crippen molar-refractivity contribution in [3.8, 4) is 11.8 Å². The van der Waals surface area contributed by atoms with E-state index in [0.717, 1.165) is 25.9 Å². The number of likely N-dealkylation sites (tertiary alicyclic amines) is 1. The van der Waals surface area contributed by atoms with Crippen molar-refractivity contribution < 1.29 is 14.3 Å². The van der Waals surface area contributed by atoms with Gasteiger partial charge in [-0.3, -0.25) is 4.79 Å². The molecule has 1 aliphatic rings. The van der Waals surface area contributed by atoms with Crippen molar-refractivity contribution in [1.82, 2.24) is 20.2 Å². The number of aromatic nitrogens is 2. The number of ether oxygens (including phenoxy) is 1. The number of benzene rings is 1. The van der Waals surface area contributed by atoms with Crippen LogP contribution in [0.5, 0.6) is 11.8 Å². The zero-order chi connectivity index (χ0) is 17.5. The maximum atomic E-state index is 11.9. The summed E-state index contributed by atoms with van der Waals surface area (Å²) in [6.07, 6.45) is 4.92. The number of nitrogens with one attached hydrogen (secondary N) is 2. The maximum absolute atomic E-state index is 11.9. The van der Waals surface area contributed by atoms with Crippen LogP contribution in [0.15, 0.2) is 42.7 Å². The Hall–Kier alpha value is -3.16. The van der Waals surface area contributed by atoms with E-state index < -0.39 is 0 Å². The highest BCUT2D eigenvalue weighted by molar-refractivity contribution is 5.94. The molecule has 1 saturated heterocycles. The summed E-state index contributed by atoms with van der Waals surface area (Å²) in [5.74, 6) is 0.289. The fraction of sp³-hybridized carbons (Fsp3) is 0.294. The first-order valence-electron chi connectivity index (χ1n) is 8.08. The lowest BCUT2D eigenvalue weighted by molar-refractivity contribution is -0.115. The first-order valence-corrected chi connectivity index (χ1v) is 8.08. The number of urea groups is 1. The first kappa shape index (κ1) is 16.7. The van der Waals surface area contributed by atoms with Crippen LogP contribution in [0, 0.1) is 0 Å². The van der Waals surface area contributed by atoms with Crippen molar-refractivity contribution in [2.45, 2.75) is 12.8 Å². The monoisotopic (exact) mass is 341 g/mol. The van der Waals surface area contributed by atoms with Crippen LogP contribution in [0.3, 0.4) is 0 Å². The van der Waals surface area contributed by atoms with Gasteiger partial charge in [-0.15, -0.1) is 0 Å². The predicted octanol–water partition coefficient (Wildman–Crippen LogP) is 2.01. The van der Waals surface area contributed by atoms with Crippen LogP contribution in [0.1, 0.15) is 12.8 Å². The SMILES string of the molecule is O=C(CNC(=O)N1CCCC1)Nc1cnc(Oc2ccccc2)nc1. The Labute approximate surface area is 145 Å². The first-order chi connectivity index (χ1) is 12.2. The Kier molecular flexibility index (Phi) is 5.40. The molecule has 1 aromatic heterocycles. The maximum Gasteiger partial charge on any atom is 0.322 e. The number of carbonyl (C=O) groups is 2. The average molecular weight is 341 g/mol. The summed E-state index contributed by atoms with van der Waals surface area (Å²) in [6, 6.07) is 9.14. The number of hydrogen-bond acceptors (Lipinski definition) is 5. The third-order valence-corrected chi connectivity index (χ3v) is 3.66. The van der Waals surface area contributed by atoms with Crippen molar-refractivity contribution in [2.24, 2.45) is 0 Å². The third-order valence-electron chi connectivity index (χ3n) is 3.66. The summed E-state index contributed by atoms with van der Waals surface area (Å²) >= 11 is 0. The number of anilines is 1. The summed E-state index contributed by atoms with van der Waals surface area (Å²) in [7, 11) is 0. The smallest absolute Gasteiger partial charge is 0.322 e. The van der Waals surface area contributed by atoms with E-state index in [-0.39, 0.29) is 24.5 Å². The van der Waals surface area contributed by atoms with Gasteiger partial charge in [0.2, 0.25) is 5.91 Å². The largest absolute Gasteiger partial charge is 0.424 e. The van der Waals surface area contributed by atoms with Gasteiger partial charge in [-0.25, -0.2) is 14.8 Å². The van der Waals surface area contributed by atoms with Gasteiger partial charge in [0.25, 0.3) is 0 Å². The second-order valence-corrected chi connectivity index (χ2v) is 5.57. The molecule has 0 bridgehead atoms. The summed E-state index contributed by atoms with van der Waals surface area (Å²) in [5.41, 5.74) is 0.431. The molecule has 0 atom stereocenters. The number of para-hydroxylation sites is 1. The summed E-state index contributed by atoms with van der Waals surface area (Å²) in [6.45, 7) is 1.38. The van der Waals surface area contributed by atoms with Crippen LogP contribution in [-0.4, -0.2) is 46.4 Å². The van der Waals surface area contributed by atoms with Gasteiger partial charge in [0.05, 0.1) is 24.6 Å². The number of nitrogens with zero attached hydrogens (tertiary/aromatic N) is 3. The molecule has 0 radical (unpaired) electrons. The van der Waals surface area contributed by atoms with Crippen molar-refractivity contribution >= 4 is 17.6 Å². The molecule has 0 spiro atoms. The Bertz CT molecular complexity index is 715. The standard InChI is InChI=1S/C17H19N5O3/c23-15(12-20-17(24)22-8-4-5-9-22)21-13-10-18-16(19-11-13)25-14-6-2-1-3-7-14/h1-3,6-7,10-11H,4-5,8-9,12H2,(H,20,24)(H,21,23). The van der Waals surface area contributed by atoms with E-state index >= 15 is 0 Å². The zero-order valence-electron chi connectivity index (χ0n) is 13.6. The Morgan fingerprint density at radius 2 is 1.76 bits per heavy atom. The van der Waals surface area contributed by atoms with Crippen molar-refractivity contribution in [3.63, 3.8) is 0 Å². The molecule has 130 valence electrons. The van der Waals surface area contributed by atoms with Crippen LogP contribution in [0.4, 0.5) is 10.5 Å². The van der Waals surface area contributed by atoms with Gasteiger partial charge >= 0.3 is 12.0 Å². The van der Waals surface area contributed by atoms with Crippen molar-refractivity contribution in [2.75, 3.05) is 25.0 Å².